The molecule has 7 nitrogen and oxygen atoms in total. The minimum absolute atomic E-state index is 0.606. The Morgan fingerprint density at radius 2 is 1.24 bits per heavy atom. The first-order chi connectivity index (χ1) is 18.1. The van der Waals surface area contributed by atoms with Gasteiger partial charge in [-0.15, -0.1) is 0 Å². The standard InChI is InChI=1S/C28H33Cl2N5O2/c1-2-36-17-18-37-16-15-35(13-11-33-25-7-9-31-27-19-21(29)3-5-23(25)27)14-12-34-26-8-10-32-28-20-22(30)4-6-24(26)28/h3-10,19-20H,2,11-18H2,1H3,(H,31,33)(H,32,34). The fourth-order valence-corrected chi connectivity index (χ4v) is 4.47. The van der Waals surface area contributed by atoms with Gasteiger partial charge in [-0.25, -0.2) is 0 Å². The third-order valence-electron chi connectivity index (χ3n) is 6.02. The van der Waals surface area contributed by atoms with Crippen molar-refractivity contribution in [1.82, 2.24) is 14.9 Å². The van der Waals surface area contributed by atoms with Crippen molar-refractivity contribution < 1.29 is 9.47 Å². The van der Waals surface area contributed by atoms with Crippen LogP contribution in [0.15, 0.2) is 60.9 Å². The lowest BCUT2D eigenvalue weighted by Crippen LogP contribution is -2.36. The van der Waals surface area contributed by atoms with Crippen LogP contribution >= 0.6 is 23.2 Å². The van der Waals surface area contributed by atoms with Crippen molar-refractivity contribution in [2.75, 3.05) is 69.8 Å². The number of ether oxygens (including phenoxy) is 2. The Bertz CT molecular complexity index is 1200. The summed E-state index contributed by atoms with van der Waals surface area (Å²) in [5.41, 5.74) is 3.86. The molecule has 2 aromatic heterocycles. The van der Waals surface area contributed by atoms with E-state index in [0.717, 1.165) is 65.9 Å². The lowest BCUT2D eigenvalue weighted by atomic mass is 10.2. The Morgan fingerprint density at radius 3 is 1.78 bits per heavy atom. The number of benzene rings is 2. The van der Waals surface area contributed by atoms with E-state index in [0.29, 0.717) is 36.5 Å². The Hall–Kier alpha value is -2.68. The van der Waals surface area contributed by atoms with Crippen molar-refractivity contribution in [3.05, 3.63) is 71.0 Å². The summed E-state index contributed by atoms with van der Waals surface area (Å²) in [5, 5.41) is 10.6. The van der Waals surface area contributed by atoms with Gasteiger partial charge in [0, 0.05) is 83.9 Å². The second kappa shape index (κ2) is 14.3. The highest BCUT2D eigenvalue weighted by atomic mass is 35.5. The van der Waals surface area contributed by atoms with Gasteiger partial charge in [0.2, 0.25) is 0 Å². The fraction of sp³-hybridized carbons (Fsp3) is 0.357. The smallest absolute Gasteiger partial charge is 0.0737 e. The molecule has 0 amide bonds. The number of aromatic nitrogens is 2. The predicted octanol–water partition coefficient (Wildman–Crippen LogP) is 5.97. The second-order valence-electron chi connectivity index (χ2n) is 8.54. The average Bonchev–Trinajstić information content (AvgIpc) is 2.90. The van der Waals surface area contributed by atoms with Gasteiger partial charge in [0.1, 0.15) is 0 Å². The number of nitrogens with one attached hydrogen (secondary N) is 2. The van der Waals surface area contributed by atoms with E-state index in [-0.39, 0.29) is 0 Å². The van der Waals surface area contributed by atoms with Gasteiger partial charge in [0.05, 0.1) is 30.9 Å². The molecule has 37 heavy (non-hydrogen) atoms. The van der Waals surface area contributed by atoms with Gasteiger partial charge >= 0.3 is 0 Å². The molecule has 0 atom stereocenters. The van der Waals surface area contributed by atoms with Crippen LogP contribution in [0.25, 0.3) is 21.8 Å². The van der Waals surface area contributed by atoms with Crippen LogP contribution in [0.3, 0.4) is 0 Å². The zero-order valence-corrected chi connectivity index (χ0v) is 22.6. The third-order valence-corrected chi connectivity index (χ3v) is 6.49. The zero-order chi connectivity index (χ0) is 25.9. The lowest BCUT2D eigenvalue weighted by molar-refractivity contribution is 0.0436. The number of fused-ring (bicyclic) bond motifs is 2. The van der Waals surface area contributed by atoms with Crippen LogP contribution in [-0.4, -0.2) is 74.0 Å². The molecule has 0 bridgehead atoms. The summed E-state index contributed by atoms with van der Waals surface area (Å²) in [6.45, 7) is 8.71. The first-order valence-corrected chi connectivity index (χ1v) is 13.3. The van der Waals surface area contributed by atoms with Crippen molar-refractivity contribution in [3.63, 3.8) is 0 Å². The van der Waals surface area contributed by atoms with Gasteiger partial charge in [-0.05, 0) is 55.5 Å². The van der Waals surface area contributed by atoms with E-state index in [1.807, 2.05) is 55.5 Å². The van der Waals surface area contributed by atoms with E-state index in [1.54, 1.807) is 12.4 Å². The van der Waals surface area contributed by atoms with E-state index in [4.69, 9.17) is 32.7 Å². The molecule has 4 rings (SSSR count). The largest absolute Gasteiger partial charge is 0.383 e. The van der Waals surface area contributed by atoms with Crippen LogP contribution in [0.4, 0.5) is 11.4 Å². The molecule has 0 spiro atoms. The van der Waals surface area contributed by atoms with Crippen LogP contribution in [0.2, 0.25) is 10.0 Å². The summed E-state index contributed by atoms with van der Waals surface area (Å²) in [5.74, 6) is 0. The number of nitrogens with zero attached hydrogens (tertiary/aromatic N) is 3. The first kappa shape index (κ1) is 27.4. The van der Waals surface area contributed by atoms with Gasteiger partial charge in [-0.3, -0.25) is 14.9 Å². The van der Waals surface area contributed by atoms with Crippen molar-refractivity contribution in [2.45, 2.75) is 6.92 Å². The molecule has 0 unspecified atom stereocenters. The minimum Gasteiger partial charge on any atom is -0.383 e. The molecule has 0 saturated heterocycles. The molecule has 2 N–H and O–H groups in total. The lowest BCUT2D eigenvalue weighted by Gasteiger charge is -2.23. The molecule has 0 saturated carbocycles. The van der Waals surface area contributed by atoms with Crippen LogP contribution < -0.4 is 10.6 Å². The van der Waals surface area contributed by atoms with E-state index in [9.17, 15) is 0 Å². The number of pyridine rings is 2. The summed E-state index contributed by atoms with van der Waals surface area (Å²) >= 11 is 12.3. The maximum atomic E-state index is 6.14. The summed E-state index contributed by atoms with van der Waals surface area (Å²) in [6, 6.07) is 15.6. The van der Waals surface area contributed by atoms with Crippen LogP contribution in [0.5, 0.6) is 0 Å². The molecular weight excluding hydrogens is 509 g/mol. The molecule has 0 aliphatic heterocycles. The average molecular weight is 543 g/mol. The predicted molar refractivity (Wildman–Crippen MR) is 154 cm³/mol. The Morgan fingerprint density at radius 1 is 0.703 bits per heavy atom. The summed E-state index contributed by atoms with van der Waals surface area (Å²) in [6.07, 6.45) is 3.61. The first-order valence-electron chi connectivity index (χ1n) is 12.6. The van der Waals surface area contributed by atoms with Gasteiger partial charge in [0.15, 0.2) is 0 Å². The number of hydrogen-bond donors (Lipinski definition) is 2. The molecule has 0 aliphatic rings. The maximum Gasteiger partial charge on any atom is 0.0737 e. The monoisotopic (exact) mass is 541 g/mol. The molecule has 0 radical (unpaired) electrons. The highest BCUT2D eigenvalue weighted by molar-refractivity contribution is 6.31. The molecule has 4 aromatic rings. The van der Waals surface area contributed by atoms with Gasteiger partial charge in [0.25, 0.3) is 0 Å². The molecule has 0 fully saturated rings. The van der Waals surface area contributed by atoms with E-state index >= 15 is 0 Å². The second-order valence-corrected chi connectivity index (χ2v) is 9.42. The van der Waals surface area contributed by atoms with Crippen LogP contribution in [0, 0.1) is 0 Å². The number of hydrogen-bond acceptors (Lipinski definition) is 7. The van der Waals surface area contributed by atoms with Crippen LogP contribution in [-0.2, 0) is 9.47 Å². The Kier molecular flexibility index (Phi) is 10.6. The number of halogens is 2. The zero-order valence-electron chi connectivity index (χ0n) is 21.1. The molecule has 0 aliphatic carbocycles. The fourth-order valence-electron chi connectivity index (χ4n) is 4.14. The molecular formula is C28H33Cl2N5O2. The van der Waals surface area contributed by atoms with Gasteiger partial charge in [-0.1, -0.05) is 23.2 Å². The van der Waals surface area contributed by atoms with E-state index in [2.05, 4.69) is 25.5 Å². The molecule has 2 heterocycles. The molecule has 196 valence electrons. The SMILES string of the molecule is CCOCCOCCN(CCNc1ccnc2cc(Cl)ccc12)CCNc1ccnc2cc(Cl)ccc12. The van der Waals surface area contributed by atoms with Crippen molar-refractivity contribution in [1.29, 1.82) is 0 Å². The molecule has 9 heteroatoms. The normalized spacial score (nSPS) is 11.5. The Labute approximate surface area is 228 Å². The summed E-state index contributed by atoms with van der Waals surface area (Å²) in [4.78, 5) is 11.3. The topological polar surface area (TPSA) is 71.5 Å². The highest BCUT2D eigenvalue weighted by Crippen LogP contribution is 2.25. The maximum absolute atomic E-state index is 6.14. The summed E-state index contributed by atoms with van der Waals surface area (Å²) < 4.78 is 11.2. The Balaban J connectivity index is 1.33. The van der Waals surface area contributed by atoms with Crippen molar-refractivity contribution >= 4 is 56.4 Å². The van der Waals surface area contributed by atoms with E-state index in [1.165, 1.54) is 0 Å². The van der Waals surface area contributed by atoms with Crippen LogP contribution in [0.1, 0.15) is 6.92 Å². The van der Waals surface area contributed by atoms with E-state index < -0.39 is 0 Å². The van der Waals surface area contributed by atoms with Crippen molar-refractivity contribution in [2.24, 2.45) is 0 Å². The minimum atomic E-state index is 0.606. The highest BCUT2D eigenvalue weighted by Gasteiger charge is 2.08. The van der Waals surface area contributed by atoms with Crippen molar-refractivity contribution in [3.8, 4) is 0 Å². The van der Waals surface area contributed by atoms with Gasteiger partial charge in [-0.2, -0.15) is 0 Å². The number of anilines is 2. The van der Waals surface area contributed by atoms with Gasteiger partial charge < -0.3 is 20.1 Å². The third kappa shape index (κ3) is 8.15. The number of rotatable bonds is 15. The quantitative estimate of drug-likeness (QED) is 0.179. The summed E-state index contributed by atoms with van der Waals surface area (Å²) in [7, 11) is 0. The molecule has 2 aromatic carbocycles.